The SMILES string of the molecule is CSC(C)(C)CC(C)NC1CCN(Cc2cccnc2)CC1. The molecular weight excluding hydrogens is 290 g/mol. The van der Waals surface area contributed by atoms with Crippen LogP contribution < -0.4 is 5.32 Å². The van der Waals surface area contributed by atoms with Crippen molar-refractivity contribution < 1.29 is 0 Å². The molecule has 1 fully saturated rings. The van der Waals surface area contributed by atoms with E-state index in [-0.39, 0.29) is 0 Å². The molecule has 2 rings (SSSR count). The van der Waals surface area contributed by atoms with Crippen LogP contribution in [0.4, 0.5) is 0 Å². The van der Waals surface area contributed by atoms with Crippen LogP contribution >= 0.6 is 11.8 Å². The Balaban J connectivity index is 1.71. The normalized spacial score (nSPS) is 19.3. The van der Waals surface area contributed by atoms with E-state index < -0.39 is 0 Å². The number of likely N-dealkylation sites (tertiary alicyclic amines) is 1. The Morgan fingerprint density at radius 2 is 2.14 bits per heavy atom. The number of rotatable bonds is 7. The zero-order valence-corrected chi connectivity index (χ0v) is 15.3. The van der Waals surface area contributed by atoms with E-state index >= 15 is 0 Å². The van der Waals surface area contributed by atoms with Gasteiger partial charge in [0.25, 0.3) is 0 Å². The molecule has 0 aliphatic carbocycles. The van der Waals surface area contributed by atoms with Crippen molar-refractivity contribution in [3.8, 4) is 0 Å². The molecule has 124 valence electrons. The van der Waals surface area contributed by atoms with Gasteiger partial charge in [-0.05, 0) is 57.2 Å². The maximum atomic E-state index is 4.21. The van der Waals surface area contributed by atoms with Crippen molar-refractivity contribution in [2.24, 2.45) is 0 Å². The van der Waals surface area contributed by atoms with Gasteiger partial charge in [-0.25, -0.2) is 0 Å². The maximum absolute atomic E-state index is 4.21. The van der Waals surface area contributed by atoms with Gasteiger partial charge in [0.2, 0.25) is 0 Å². The van der Waals surface area contributed by atoms with Crippen molar-refractivity contribution in [3.63, 3.8) is 0 Å². The van der Waals surface area contributed by atoms with Crippen LogP contribution in [-0.2, 0) is 6.54 Å². The van der Waals surface area contributed by atoms with E-state index in [1.54, 1.807) is 0 Å². The smallest absolute Gasteiger partial charge is 0.0312 e. The molecule has 1 aliphatic rings. The van der Waals surface area contributed by atoms with Crippen molar-refractivity contribution >= 4 is 11.8 Å². The molecule has 4 heteroatoms. The fraction of sp³-hybridized carbons (Fsp3) is 0.722. The molecule has 3 nitrogen and oxygen atoms in total. The maximum Gasteiger partial charge on any atom is 0.0312 e. The summed E-state index contributed by atoms with van der Waals surface area (Å²) in [5, 5.41) is 3.84. The number of thioether (sulfide) groups is 1. The number of piperidine rings is 1. The van der Waals surface area contributed by atoms with Crippen LogP contribution in [0.2, 0.25) is 0 Å². The summed E-state index contributed by atoms with van der Waals surface area (Å²) in [4.78, 5) is 6.75. The number of aromatic nitrogens is 1. The summed E-state index contributed by atoms with van der Waals surface area (Å²) in [6.07, 6.45) is 9.77. The molecule has 1 aliphatic heterocycles. The average molecular weight is 322 g/mol. The lowest BCUT2D eigenvalue weighted by molar-refractivity contribution is 0.183. The first kappa shape index (κ1) is 17.8. The van der Waals surface area contributed by atoms with Crippen LogP contribution in [0.3, 0.4) is 0 Å². The molecule has 0 radical (unpaired) electrons. The zero-order valence-electron chi connectivity index (χ0n) is 14.5. The molecule has 0 saturated carbocycles. The molecule has 0 aromatic carbocycles. The molecule has 2 heterocycles. The second-order valence-electron chi connectivity index (χ2n) is 7.15. The van der Waals surface area contributed by atoms with Crippen molar-refractivity contribution in [1.82, 2.24) is 15.2 Å². The number of nitrogens with one attached hydrogen (secondary N) is 1. The lowest BCUT2D eigenvalue weighted by Crippen LogP contribution is -2.46. The van der Waals surface area contributed by atoms with Crippen molar-refractivity contribution in [3.05, 3.63) is 30.1 Å². The first-order valence-corrected chi connectivity index (χ1v) is 9.63. The van der Waals surface area contributed by atoms with E-state index in [1.165, 1.54) is 37.9 Å². The van der Waals surface area contributed by atoms with E-state index in [0.29, 0.717) is 16.8 Å². The lowest BCUT2D eigenvalue weighted by atomic mass is 9.99. The minimum atomic E-state index is 0.368. The molecule has 1 unspecified atom stereocenters. The quantitative estimate of drug-likeness (QED) is 0.831. The Morgan fingerprint density at radius 1 is 1.41 bits per heavy atom. The minimum Gasteiger partial charge on any atom is -0.311 e. The summed E-state index contributed by atoms with van der Waals surface area (Å²) < 4.78 is 0.368. The fourth-order valence-corrected chi connectivity index (χ4v) is 3.71. The van der Waals surface area contributed by atoms with E-state index in [9.17, 15) is 0 Å². The van der Waals surface area contributed by atoms with Gasteiger partial charge < -0.3 is 5.32 Å². The van der Waals surface area contributed by atoms with E-state index in [2.05, 4.69) is 48.3 Å². The summed E-state index contributed by atoms with van der Waals surface area (Å²) >= 11 is 1.96. The predicted octanol–water partition coefficient (Wildman–Crippen LogP) is 3.56. The molecule has 0 bridgehead atoms. The largest absolute Gasteiger partial charge is 0.311 e. The van der Waals surface area contributed by atoms with Gasteiger partial charge in [0.1, 0.15) is 0 Å². The highest BCUT2D eigenvalue weighted by Gasteiger charge is 2.24. The van der Waals surface area contributed by atoms with Gasteiger partial charge in [0.05, 0.1) is 0 Å². The first-order valence-electron chi connectivity index (χ1n) is 8.41. The monoisotopic (exact) mass is 321 g/mol. The first-order chi connectivity index (χ1) is 10.5. The Bertz CT molecular complexity index is 427. The van der Waals surface area contributed by atoms with Gasteiger partial charge in [-0.2, -0.15) is 11.8 Å². The third kappa shape index (κ3) is 5.90. The van der Waals surface area contributed by atoms with Gasteiger partial charge in [-0.1, -0.05) is 19.9 Å². The standard InChI is InChI=1S/C18H31N3S/c1-15(12-18(2,3)22-4)20-17-7-10-21(11-8-17)14-16-6-5-9-19-13-16/h5-6,9,13,15,17,20H,7-8,10-12,14H2,1-4H3. The van der Waals surface area contributed by atoms with Crippen LogP contribution in [0.15, 0.2) is 24.5 Å². The van der Waals surface area contributed by atoms with Crippen LogP contribution in [0.5, 0.6) is 0 Å². The lowest BCUT2D eigenvalue weighted by Gasteiger charge is -2.35. The van der Waals surface area contributed by atoms with Crippen molar-refractivity contribution in [2.75, 3.05) is 19.3 Å². The van der Waals surface area contributed by atoms with Crippen LogP contribution in [0, 0.1) is 0 Å². The molecule has 22 heavy (non-hydrogen) atoms. The van der Waals surface area contributed by atoms with Gasteiger partial charge in [0.15, 0.2) is 0 Å². The Hall–Kier alpha value is -0.580. The highest BCUT2D eigenvalue weighted by Crippen LogP contribution is 2.27. The molecular formula is C18H31N3S. The van der Waals surface area contributed by atoms with Crippen LogP contribution in [-0.4, -0.2) is 46.1 Å². The minimum absolute atomic E-state index is 0.368. The Labute approximate surface area is 140 Å². The van der Waals surface area contributed by atoms with Crippen molar-refractivity contribution in [1.29, 1.82) is 0 Å². The second-order valence-corrected chi connectivity index (χ2v) is 8.66. The third-order valence-corrected chi connectivity index (χ3v) is 5.86. The number of hydrogen-bond acceptors (Lipinski definition) is 4. The predicted molar refractivity (Wildman–Crippen MR) is 97.3 cm³/mol. The topological polar surface area (TPSA) is 28.2 Å². The number of hydrogen-bond donors (Lipinski definition) is 1. The summed E-state index contributed by atoms with van der Waals surface area (Å²) in [5.41, 5.74) is 1.32. The fourth-order valence-electron chi connectivity index (χ4n) is 3.29. The summed E-state index contributed by atoms with van der Waals surface area (Å²) in [6.45, 7) is 10.4. The van der Waals surface area contributed by atoms with E-state index in [1.807, 2.05) is 30.2 Å². The molecule has 0 spiro atoms. The molecule has 1 N–H and O–H groups in total. The van der Waals surface area contributed by atoms with Gasteiger partial charge in [-0.3, -0.25) is 9.88 Å². The van der Waals surface area contributed by atoms with Crippen LogP contribution in [0.25, 0.3) is 0 Å². The van der Waals surface area contributed by atoms with E-state index in [0.717, 1.165) is 6.54 Å². The van der Waals surface area contributed by atoms with Gasteiger partial charge in [-0.15, -0.1) is 0 Å². The molecule has 1 aromatic heterocycles. The third-order valence-electron chi connectivity index (χ3n) is 4.59. The molecule has 1 aromatic rings. The highest BCUT2D eigenvalue weighted by molar-refractivity contribution is 7.99. The Morgan fingerprint density at radius 3 is 2.73 bits per heavy atom. The average Bonchev–Trinajstić information content (AvgIpc) is 2.50. The van der Waals surface area contributed by atoms with Gasteiger partial charge in [0, 0.05) is 35.8 Å². The zero-order chi connectivity index (χ0) is 16.0. The number of pyridine rings is 1. The Kier molecular flexibility index (Phi) is 6.72. The summed E-state index contributed by atoms with van der Waals surface area (Å²) in [5.74, 6) is 0. The summed E-state index contributed by atoms with van der Waals surface area (Å²) in [7, 11) is 0. The van der Waals surface area contributed by atoms with Crippen LogP contribution in [0.1, 0.15) is 45.6 Å². The number of nitrogens with zero attached hydrogens (tertiary/aromatic N) is 2. The molecule has 0 amide bonds. The van der Waals surface area contributed by atoms with E-state index in [4.69, 9.17) is 0 Å². The summed E-state index contributed by atoms with van der Waals surface area (Å²) in [6, 6.07) is 5.47. The highest BCUT2D eigenvalue weighted by atomic mass is 32.2. The van der Waals surface area contributed by atoms with Crippen molar-refractivity contribution in [2.45, 2.75) is 63.4 Å². The molecule has 1 atom stereocenters. The van der Waals surface area contributed by atoms with Gasteiger partial charge >= 0.3 is 0 Å². The molecule has 1 saturated heterocycles. The second kappa shape index (κ2) is 8.32.